The Balaban J connectivity index is 1.24. The van der Waals surface area contributed by atoms with Crippen LogP contribution in [0.5, 0.6) is 0 Å². The highest BCUT2D eigenvalue weighted by Gasteiger charge is 2.64. The van der Waals surface area contributed by atoms with Crippen molar-refractivity contribution in [3.8, 4) is 0 Å². The van der Waals surface area contributed by atoms with E-state index < -0.39 is 0 Å². The molecule has 3 nitrogen and oxygen atoms in total. The normalized spacial score (nSPS) is 26.5. The van der Waals surface area contributed by atoms with Crippen LogP contribution in [0.15, 0.2) is 109 Å². The molecule has 4 heterocycles. The molecule has 0 aromatic heterocycles. The van der Waals surface area contributed by atoms with E-state index in [9.17, 15) is 0 Å². The van der Waals surface area contributed by atoms with E-state index in [1.165, 1.54) is 134 Å². The molecule has 5 unspecified atom stereocenters. The molecule has 3 heteroatoms. The van der Waals surface area contributed by atoms with Crippen molar-refractivity contribution >= 4 is 39.8 Å². The van der Waals surface area contributed by atoms with Gasteiger partial charge < -0.3 is 14.7 Å². The monoisotopic (exact) mass is 912 g/mol. The summed E-state index contributed by atoms with van der Waals surface area (Å²) in [6.45, 7) is 34.2. The maximum atomic E-state index is 2.97. The van der Waals surface area contributed by atoms with Gasteiger partial charge in [0.15, 0.2) is 0 Å². The van der Waals surface area contributed by atoms with Crippen LogP contribution in [-0.2, 0) is 27.1 Å². The smallest absolute Gasteiger partial charge is 0.0561 e. The molecule has 4 aliphatic heterocycles. The molecular formula is C66H77N3. The van der Waals surface area contributed by atoms with Gasteiger partial charge in [0.25, 0.3) is 0 Å². The van der Waals surface area contributed by atoms with Gasteiger partial charge in [-0.2, -0.15) is 0 Å². The lowest BCUT2D eigenvalue weighted by atomic mass is 9.57. The van der Waals surface area contributed by atoms with Crippen molar-refractivity contribution in [3.05, 3.63) is 170 Å². The van der Waals surface area contributed by atoms with E-state index in [-0.39, 0.29) is 44.1 Å². The quantitative estimate of drug-likeness (QED) is 0.175. The second kappa shape index (κ2) is 14.4. The first-order chi connectivity index (χ1) is 32.5. The molecule has 0 bridgehead atoms. The highest BCUT2D eigenvalue weighted by atomic mass is 15.3. The maximum Gasteiger partial charge on any atom is 0.0561 e. The number of nitrogens with zero attached hydrogens (tertiary/aromatic N) is 3. The second-order valence-corrected chi connectivity index (χ2v) is 26.4. The lowest BCUT2D eigenvalue weighted by molar-refractivity contribution is 0.194. The van der Waals surface area contributed by atoms with Crippen molar-refractivity contribution in [1.29, 1.82) is 0 Å². The fourth-order valence-corrected chi connectivity index (χ4v) is 15.6. The fraction of sp³-hybridized carbons (Fsp3) is 0.455. The molecule has 6 aromatic rings. The lowest BCUT2D eigenvalue weighted by Crippen LogP contribution is -2.57. The Morgan fingerprint density at radius 1 is 0.478 bits per heavy atom. The van der Waals surface area contributed by atoms with Crippen molar-refractivity contribution in [2.75, 3.05) is 14.7 Å². The summed E-state index contributed by atoms with van der Waals surface area (Å²) in [5, 5.41) is 0. The van der Waals surface area contributed by atoms with Crippen molar-refractivity contribution in [2.45, 2.75) is 192 Å². The Morgan fingerprint density at radius 3 is 1.81 bits per heavy atom. The molecule has 2 saturated carbocycles. The van der Waals surface area contributed by atoms with Gasteiger partial charge >= 0.3 is 0 Å². The summed E-state index contributed by atoms with van der Waals surface area (Å²) in [6, 6.07) is 44.4. The van der Waals surface area contributed by atoms with Gasteiger partial charge in [-0.15, -0.1) is 0 Å². The molecule has 2 aliphatic carbocycles. The summed E-state index contributed by atoms with van der Waals surface area (Å²) in [4.78, 5) is 8.59. The summed E-state index contributed by atoms with van der Waals surface area (Å²) < 4.78 is 0. The van der Waals surface area contributed by atoms with E-state index in [1.807, 2.05) is 0 Å². The van der Waals surface area contributed by atoms with Crippen molar-refractivity contribution in [2.24, 2.45) is 0 Å². The van der Waals surface area contributed by atoms with Crippen molar-refractivity contribution < 1.29 is 0 Å². The van der Waals surface area contributed by atoms with Crippen LogP contribution in [0.4, 0.5) is 39.8 Å². The molecule has 0 spiro atoms. The van der Waals surface area contributed by atoms with E-state index in [0.717, 1.165) is 12.8 Å². The zero-order valence-corrected chi connectivity index (χ0v) is 44.5. The third-order valence-electron chi connectivity index (χ3n) is 19.4. The van der Waals surface area contributed by atoms with Crippen LogP contribution in [0, 0.1) is 13.8 Å². The fourth-order valence-electron chi connectivity index (χ4n) is 15.6. The molecule has 0 amide bonds. The van der Waals surface area contributed by atoms with E-state index >= 15 is 0 Å². The predicted molar refractivity (Wildman–Crippen MR) is 293 cm³/mol. The number of rotatable bonds is 3. The van der Waals surface area contributed by atoms with E-state index in [2.05, 4.69) is 221 Å². The molecule has 356 valence electrons. The number of hydrogen-bond donors (Lipinski definition) is 0. The average Bonchev–Trinajstić information content (AvgIpc) is 3.67. The van der Waals surface area contributed by atoms with Crippen LogP contribution in [0.2, 0.25) is 0 Å². The molecular weight excluding hydrogens is 835 g/mol. The summed E-state index contributed by atoms with van der Waals surface area (Å²) in [7, 11) is 0. The summed E-state index contributed by atoms with van der Waals surface area (Å²) in [5.74, 6) is 0.0990. The van der Waals surface area contributed by atoms with Gasteiger partial charge in [-0.05, 0) is 162 Å². The zero-order chi connectivity index (χ0) is 48.6. The Labute approximate surface area is 415 Å². The molecule has 2 fully saturated rings. The lowest BCUT2D eigenvalue weighted by Gasteiger charge is -2.54. The largest absolute Gasteiger partial charge is 0.334 e. The minimum absolute atomic E-state index is 0.00684. The Morgan fingerprint density at radius 2 is 1.10 bits per heavy atom. The van der Waals surface area contributed by atoms with E-state index in [0.29, 0.717) is 0 Å². The minimum Gasteiger partial charge on any atom is -0.334 e. The highest BCUT2D eigenvalue weighted by molar-refractivity contribution is 6.00. The van der Waals surface area contributed by atoms with Crippen LogP contribution in [0.25, 0.3) is 0 Å². The van der Waals surface area contributed by atoms with Gasteiger partial charge in [0.2, 0.25) is 0 Å². The average molecular weight is 912 g/mol. The van der Waals surface area contributed by atoms with Gasteiger partial charge in [0, 0.05) is 39.4 Å². The Hall–Kier alpha value is -5.28. The topological polar surface area (TPSA) is 9.72 Å². The molecule has 0 saturated heterocycles. The minimum atomic E-state index is -0.214. The number of anilines is 7. The molecule has 5 atom stereocenters. The van der Waals surface area contributed by atoms with Gasteiger partial charge in [0.1, 0.15) is 0 Å². The van der Waals surface area contributed by atoms with Crippen LogP contribution in [0.3, 0.4) is 0 Å². The first kappa shape index (κ1) is 44.9. The summed E-state index contributed by atoms with van der Waals surface area (Å²) in [5.41, 5.74) is 25.1. The molecule has 0 radical (unpaired) electrons. The first-order valence-electron chi connectivity index (χ1n) is 26.7. The molecule has 0 N–H and O–H groups in total. The highest BCUT2D eigenvalue weighted by Crippen LogP contribution is 2.72. The SMILES string of the molecule is Cc1cc(C)c2c3c1C1c4ccc(C(C)(C)C)cc4N(c4cccc(C(C)(C)C)c4)c4cc(N5c6ccc(C(C)(C)C)cc6C6(c7ccccc7)CCCCC56C)cc(c41)N3C1(C)CCCCC21C. The third-order valence-corrected chi connectivity index (χ3v) is 19.4. The Kier molecular flexibility index (Phi) is 9.38. The summed E-state index contributed by atoms with van der Waals surface area (Å²) >= 11 is 0. The predicted octanol–water partition coefficient (Wildman–Crippen LogP) is 18.0. The number of hydrogen-bond acceptors (Lipinski definition) is 3. The standard InChI is InChI=1S/C66H77N3/c1-41-35-42(2)58-59-55(41)56-49-29-27-46(62(9,10)11)38-52(49)67(47-26-22-25-44(36-47)60(3,4)5)53-39-48(40-54(57(53)56)69(59)64(13)32-19-18-31-63(58,64)12)68-51-30-28-45(61(6,7)8)37-50(51)66(43-23-16-15-17-24-43)34-21-20-33-65(66,68)14/h15-17,22-30,35-40,56H,18-21,31-34H2,1-14H3. The molecule has 69 heavy (non-hydrogen) atoms. The molecule has 12 rings (SSSR count). The first-order valence-corrected chi connectivity index (χ1v) is 26.7. The zero-order valence-electron chi connectivity index (χ0n) is 44.5. The second-order valence-electron chi connectivity index (χ2n) is 26.4. The molecule has 6 aromatic carbocycles. The van der Waals surface area contributed by atoms with Gasteiger partial charge in [-0.25, -0.2) is 0 Å². The van der Waals surface area contributed by atoms with Crippen LogP contribution in [-0.4, -0.2) is 11.1 Å². The van der Waals surface area contributed by atoms with Crippen LogP contribution >= 0.6 is 0 Å². The number of benzene rings is 6. The van der Waals surface area contributed by atoms with Crippen LogP contribution < -0.4 is 14.7 Å². The van der Waals surface area contributed by atoms with Gasteiger partial charge in [0.05, 0.1) is 33.8 Å². The Bertz CT molecular complexity index is 3120. The summed E-state index contributed by atoms with van der Waals surface area (Å²) in [6.07, 6.45) is 9.63. The van der Waals surface area contributed by atoms with Crippen LogP contribution in [0.1, 0.15) is 202 Å². The van der Waals surface area contributed by atoms with Crippen molar-refractivity contribution in [3.63, 3.8) is 0 Å². The molecule has 6 aliphatic rings. The number of fused-ring (bicyclic) bond motifs is 10. The maximum absolute atomic E-state index is 2.97. The van der Waals surface area contributed by atoms with Gasteiger partial charge in [-0.3, -0.25) is 0 Å². The van der Waals surface area contributed by atoms with E-state index in [4.69, 9.17) is 0 Å². The number of aryl methyl sites for hydroxylation is 2. The van der Waals surface area contributed by atoms with Gasteiger partial charge in [-0.1, -0.05) is 168 Å². The van der Waals surface area contributed by atoms with Crippen molar-refractivity contribution in [1.82, 2.24) is 0 Å². The van der Waals surface area contributed by atoms with E-state index in [1.54, 1.807) is 5.56 Å². The third kappa shape index (κ3) is 5.86.